The number of hydrogen-bond acceptors (Lipinski definition) is 4. The second-order valence-electron chi connectivity index (χ2n) is 5.09. The van der Waals surface area contributed by atoms with Crippen LogP contribution in [0.15, 0.2) is 54.6 Å². The molecular formula is C18H14ClFN4. The van der Waals surface area contributed by atoms with Crippen molar-refractivity contribution in [2.45, 2.75) is 0 Å². The van der Waals surface area contributed by atoms with Crippen LogP contribution in [0.2, 0.25) is 5.02 Å². The summed E-state index contributed by atoms with van der Waals surface area (Å²) in [4.78, 5) is 0. The van der Waals surface area contributed by atoms with Crippen LogP contribution in [0.3, 0.4) is 0 Å². The van der Waals surface area contributed by atoms with Gasteiger partial charge in [0.15, 0.2) is 5.82 Å². The molecule has 0 atom stereocenters. The highest BCUT2D eigenvalue weighted by molar-refractivity contribution is 6.38. The summed E-state index contributed by atoms with van der Waals surface area (Å²) in [6, 6.07) is 15.2. The molecule has 6 heteroatoms. The molecule has 0 aliphatic heterocycles. The number of hydrogen-bond donors (Lipinski definition) is 2. The lowest BCUT2D eigenvalue weighted by atomic mass is 10.0. The summed E-state index contributed by atoms with van der Waals surface area (Å²) in [6.45, 7) is 0. The Bertz CT molecular complexity index is 897. The van der Waals surface area contributed by atoms with E-state index in [0.717, 1.165) is 5.56 Å². The molecule has 0 saturated carbocycles. The van der Waals surface area contributed by atoms with E-state index < -0.39 is 5.82 Å². The molecule has 1 aromatic heterocycles. The molecule has 0 aliphatic carbocycles. The van der Waals surface area contributed by atoms with E-state index >= 15 is 0 Å². The predicted octanol–water partition coefficient (Wildman–Crippen LogP) is 4.39. The fourth-order valence-corrected chi connectivity index (χ4v) is 2.72. The zero-order valence-electron chi connectivity index (χ0n) is 12.8. The molecule has 0 unspecified atom stereocenters. The normalized spacial score (nSPS) is 10.5. The van der Waals surface area contributed by atoms with Crippen LogP contribution in [0.25, 0.3) is 11.3 Å². The first-order valence-corrected chi connectivity index (χ1v) is 7.64. The summed E-state index contributed by atoms with van der Waals surface area (Å²) in [7, 11) is 1.67. The molecule has 0 amide bonds. The number of anilines is 1. The average molecular weight is 341 g/mol. The van der Waals surface area contributed by atoms with Gasteiger partial charge < -0.3 is 5.32 Å². The molecular weight excluding hydrogens is 327 g/mol. The molecule has 24 heavy (non-hydrogen) atoms. The summed E-state index contributed by atoms with van der Waals surface area (Å²) in [5.41, 5.74) is 2.16. The molecule has 0 saturated heterocycles. The SMILES string of the molecule is CNc1nnc(-c2ccccc2)c(Cl)c1C(=N)c1cccc(F)c1. The number of aromatic nitrogens is 2. The Morgan fingerprint density at radius 2 is 1.83 bits per heavy atom. The molecule has 3 aromatic rings. The van der Waals surface area contributed by atoms with E-state index in [1.807, 2.05) is 30.3 Å². The van der Waals surface area contributed by atoms with E-state index in [0.29, 0.717) is 27.7 Å². The van der Waals surface area contributed by atoms with Gasteiger partial charge in [-0.15, -0.1) is 10.2 Å². The average Bonchev–Trinajstić information content (AvgIpc) is 2.61. The first-order chi connectivity index (χ1) is 11.6. The van der Waals surface area contributed by atoms with Crippen LogP contribution < -0.4 is 5.32 Å². The van der Waals surface area contributed by atoms with E-state index in [4.69, 9.17) is 17.0 Å². The molecule has 3 rings (SSSR count). The standard InChI is InChI=1S/C18H14ClFN4/c1-22-18-14(16(21)12-8-5-9-13(20)10-12)15(19)17(23-24-18)11-6-3-2-4-7-11/h2-10,21H,1H3,(H,22,24). The Morgan fingerprint density at radius 3 is 2.50 bits per heavy atom. The third-order valence-electron chi connectivity index (χ3n) is 3.56. The third-order valence-corrected chi connectivity index (χ3v) is 3.93. The highest BCUT2D eigenvalue weighted by Crippen LogP contribution is 2.33. The lowest BCUT2D eigenvalue weighted by molar-refractivity contribution is 0.627. The fourth-order valence-electron chi connectivity index (χ4n) is 2.39. The van der Waals surface area contributed by atoms with Crippen LogP contribution in [0.1, 0.15) is 11.1 Å². The highest BCUT2D eigenvalue weighted by Gasteiger charge is 2.20. The van der Waals surface area contributed by atoms with Crippen molar-refractivity contribution in [1.82, 2.24) is 10.2 Å². The van der Waals surface area contributed by atoms with Crippen molar-refractivity contribution in [3.63, 3.8) is 0 Å². The highest BCUT2D eigenvalue weighted by atomic mass is 35.5. The van der Waals surface area contributed by atoms with E-state index in [9.17, 15) is 4.39 Å². The Kier molecular flexibility index (Phi) is 4.53. The Hall–Kier alpha value is -2.79. The number of nitrogens with zero attached hydrogens (tertiary/aromatic N) is 2. The van der Waals surface area contributed by atoms with Gasteiger partial charge in [0.1, 0.15) is 11.5 Å². The smallest absolute Gasteiger partial charge is 0.159 e. The number of halogens is 2. The maximum atomic E-state index is 13.5. The fraction of sp³-hybridized carbons (Fsp3) is 0.0556. The Labute approximate surface area is 143 Å². The van der Waals surface area contributed by atoms with Gasteiger partial charge in [-0.2, -0.15) is 0 Å². The van der Waals surface area contributed by atoms with E-state index in [1.165, 1.54) is 12.1 Å². The van der Waals surface area contributed by atoms with E-state index in [1.54, 1.807) is 19.2 Å². The first kappa shape index (κ1) is 16.1. The molecule has 1 heterocycles. The minimum Gasteiger partial charge on any atom is -0.371 e. The second kappa shape index (κ2) is 6.76. The maximum absolute atomic E-state index is 13.5. The molecule has 0 bridgehead atoms. The number of rotatable bonds is 4. The van der Waals surface area contributed by atoms with Gasteiger partial charge in [-0.25, -0.2) is 4.39 Å². The van der Waals surface area contributed by atoms with Crippen LogP contribution in [-0.2, 0) is 0 Å². The summed E-state index contributed by atoms with van der Waals surface area (Å²) >= 11 is 6.53. The van der Waals surface area contributed by atoms with Crippen LogP contribution in [0.5, 0.6) is 0 Å². The maximum Gasteiger partial charge on any atom is 0.159 e. The van der Waals surface area contributed by atoms with Gasteiger partial charge in [-0.05, 0) is 12.1 Å². The van der Waals surface area contributed by atoms with Crippen LogP contribution in [0.4, 0.5) is 10.2 Å². The van der Waals surface area contributed by atoms with E-state index in [2.05, 4.69) is 15.5 Å². The van der Waals surface area contributed by atoms with Crippen molar-refractivity contribution in [3.8, 4) is 11.3 Å². The predicted molar refractivity (Wildman–Crippen MR) is 94.4 cm³/mol. The minimum atomic E-state index is -0.412. The van der Waals surface area contributed by atoms with Crippen molar-refractivity contribution in [3.05, 3.63) is 76.6 Å². The molecule has 0 radical (unpaired) electrons. The van der Waals surface area contributed by atoms with Crippen LogP contribution >= 0.6 is 11.6 Å². The summed E-state index contributed by atoms with van der Waals surface area (Å²) in [6.07, 6.45) is 0. The van der Waals surface area contributed by atoms with Gasteiger partial charge in [0, 0.05) is 18.2 Å². The van der Waals surface area contributed by atoms with Gasteiger partial charge in [-0.1, -0.05) is 54.1 Å². The summed E-state index contributed by atoms with van der Waals surface area (Å²) in [5, 5.41) is 19.9. The quantitative estimate of drug-likeness (QED) is 0.692. The van der Waals surface area contributed by atoms with Gasteiger partial charge in [0.2, 0.25) is 0 Å². The number of benzene rings is 2. The first-order valence-electron chi connectivity index (χ1n) is 7.26. The zero-order valence-corrected chi connectivity index (χ0v) is 13.6. The summed E-state index contributed by atoms with van der Waals surface area (Å²) < 4.78 is 13.5. The minimum absolute atomic E-state index is 0.0796. The third kappa shape index (κ3) is 2.98. The monoisotopic (exact) mass is 340 g/mol. The molecule has 2 N–H and O–H groups in total. The molecule has 120 valence electrons. The van der Waals surface area contributed by atoms with Gasteiger partial charge in [0.05, 0.1) is 16.3 Å². The van der Waals surface area contributed by atoms with Gasteiger partial charge in [0.25, 0.3) is 0 Å². The molecule has 0 spiro atoms. The van der Waals surface area contributed by atoms with Crippen molar-refractivity contribution in [2.75, 3.05) is 12.4 Å². The summed E-state index contributed by atoms with van der Waals surface area (Å²) in [5.74, 6) is -0.0429. The topological polar surface area (TPSA) is 61.7 Å². The lowest BCUT2D eigenvalue weighted by Gasteiger charge is -2.14. The molecule has 0 aliphatic rings. The van der Waals surface area contributed by atoms with Gasteiger partial charge in [-0.3, -0.25) is 5.41 Å². The Balaban J connectivity index is 2.17. The van der Waals surface area contributed by atoms with Crippen molar-refractivity contribution in [2.24, 2.45) is 0 Å². The molecule has 4 nitrogen and oxygen atoms in total. The van der Waals surface area contributed by atoms with Crippen molar-refractivity contribution in [1.29, 1.82) is 5.41 Å². The van der Waals surface area contributed by atoms with Gasteiger partial charge >= 0.3 is 0 Å². The van der Waals surface area contributed by atoms with Crippen LogP contribution in [0, 0.1) is 11.2 Å². The van der Waals surface area contributed by atoms with Crippen molar-refractivity contribution < 1.29 is 4.39 Å². The Morgan fingerprint density at radius 1 is 1.08 bits per heavy atom. The molecule has 0 fully saturated rings. The van der Waals surface area contributed by atoms with E-state index in [-0.39, 0.29) is 5.71 Å². The van der Waals surface area contributed by atoms with Crippen molar-refractivity contribution >= 4 is 23.1 Å². The largest absolute Gasteiger partial charge is 0.371 e. The van der Waals surface area contributed by atoms with Crippen LogP contribution in [-0.4, -0.2) is 23.0 Å². The zero-order chi connectivity index (χ0) is 17.1. The number of nitrogens with one attached hydrogen (secondary N) is 2. The molecule has 2 aromatic carbocycles. The second-order valence-corrected chi connectivity index (χ2v) is 5.47. The lowest BCUT2D eigenvalue weighted by Crippen LogP contribution is -2.11.